The molecule has 2 bridgehead atoms. The number of hydrogen-bond acceptors (Lipinski definition) is 4. The number of carbonyl (C=O) groups excluding carboxylic acids is 2. The summed E-state index contributed by atoms with van der Waals surface area (Å²) in [5.41, 5.74) is 1.98. The molecular weight excluding hydrogens is 438 g/mol. The highest BCUT2D eigenvalue weighted by atomic mass is 16.2. The molecule has 2 unspecified atom stereocenters. The Balaban J connectivity index is 1.70. The van der Waals surface area contributed by atoms with Crippen LogP contribution in [0.5, 0.6) is 0 Å². The summed E-state index contributed by atoms with van der Waals surface area (Å²) in [4.78, 5) is 33.3. The standard InChI is InChI=1S/C28H41N5O2/c1-4-27(34)33-18-14-24-10-7-11-25(32(24)17-13-22(2)3)20-30(19-23-9-5-6-12-26(23)33)28(35)21-31-16-8-15-29-31/h5-6,8-9,12,15-16,22,24-25H,4,7,10-11,13-14,17-21H2,1-3H3. The first-order chi connectivity index (χ1) is 17.0. The molecular formula is C28H41N5O2. The molecule has 0 aliphatic carbocycles. The van der Waals surface area contributed by atoms with Gasteiger partial charge in [0.1, 0.15) is 6.54 Å². The summed E-state index contributed by atoms with van der Waals surface area (Å²) in [7, 11) is 0. The van der Waals surface area contributed by atoms with Gasteiger partial charge in [0.15, 0.2) is 0 Å². The highest BCUT2D eigenvalue weighted by Gasteiger charge is 2.34. The Bertz CT molecular complexity index is 973. The lowest BCUT2D eigenvalue weighted by Gasteiger charge is -2.44. The van der Waals surface area contributed by atoms with Gasteiger partial charge in [0.2, 0.25) is 11.8 Å². The Morgan fingerprint density at radius 2 is 1.86 bits per heavy atom. The van der Waals surface area contributed by atoms with Crippen molar-refractivity contribution in [1.82, 2.24) is 19.6 Å². The molecule has 2 aliphatic heterocycles. The monoisotopic (exact) mass is 479 g/mol. The fourth-order valence-electron chi connectivity index (χ4n) is 5.60. The highest BCUT2D eigenvalue weighted by Crippen LogP contribution is 2.31. The number of piperidine rings is 1. The first-order valence-electron chi connectivity index (χ1n) is 13.4. The summed E-state index contributed by atoms with van der Waals surface area (Å²) in [6.45, 7) is 9.70. The van der Waals surface area contributed by atoms with E-state index >= 15 is 0 Å². The molecule has 2 aromatic rings. The molecule has 0 saturated carbocycles. The zero-order chi connectivity index (χ0) is 24.8. The second-order valence-corrected chi connectivity index (χ2v) is 10.5. The van der Waals surface area contributed by atoms with E-state index in [1.54, 1.807) is 10.9 Å². The summed E-state index contributed by atoms with van der Waals surface area (Å²) in [5, 5.41) is 4.26. The smallest absolute Gasteiger partial charge is 0.244 e. The van der Waals surface area contributed by atoms with E-state index in [-0.39, 0.29) is 18.4 Å². The predicted molar refractivity (Wildman–Crippen MR) is 139 cm³/mol. The molecule has 0 N–H and O–H groups in total. The summed E-state index contributed by atoms with van der Waals surface area (Å²) in [6, 6.07) is 10.7. The van der Waals surface area contributed by atoms with Crippen LogP contribution >= 0.6 is 0 Å². The molecule has 2 amide bonds. The number of amides is 2. The molecule has 2 aliphatic rings. The van der Waals surface area contributed by atoms with Crippen molar-refractivity contribution in [2.24, 2.45) is 5.92 Å². The first-order valence-corrected chi connectivity index (χ1v) is 13.4. The SMILES string of the molecule is CCC(=O)N1CCC2CCCC(CN(C(=O)Cn3cccn3)Cc3ccccc31)N2CCC(C)C. The molecule has 1 aromatic heterocycles. The summed E-state index contributed by atoms with van der Waals surface area (Å²) < 4.78 is 1.70. The van der Waals surface area contributed by atoms with Crippen molar-refractivity contribution in [3.05, 3.63) is 48.3 Å². The third-order valence-corrected chi connectivity index (χ3v) is 7.55. The van der Waals surface area contributed by atoms with Crippen LogP contribution in [-0.2, 0) is 22.7 Å². The van der Waals surface area contributed by atoms with Crippen LogP contribution in [0.3, 0.4) is 0 Å². The van der Waals surface area contributed by atoms with Gasteiger partial charge in [-0.2, -0.15) is 5.10 Å². The molecule has 7 heteroatoms. The highest BCUT2D eigenvalue weighted by molar-refractivity contribution is 5.94. The minimum atomic E-state index is 0.0713. The average Bonchev–Trinajstić information content (AvgIpc) is 3.36. The Morgan fingerprint density at radius 1 is 1.06 bits per heavy atom. The van der Waals surface area contributed by atoms with Gasteiger partial charge in [0.25, 0.3) is 0 Å². The number of hydrogen-bond donors (Lipinski definition) is 0. The van der Waals surface area contributed by atoms with Crippen LogP contribution in [0.2, 0.25) is 0 Å². The number of aromatic nitrogens is 2. The van der Waals surface area contributed by atoms with E-state index in [4.69, 9.17) is 0 Å². The largest absolute Gasteiger partial charge is 0.335 e. The molecule has 1 saturated heterocycles. The lowest BCUT2D eigenvalue weighted by atomic mass is 9.92. The van der Waals surface area contributed by atoms with Crippen LogP contribution in [0, 0.1) is 5.92 Å². The first kappa shape index (κ1) is 25.4. The van der Waals surface area contributed by atoms with Crippen LogP contribution in [0.4, 0.5) is 5.69 Å². The molecule has 190 valence electrons. The van der Waals surface area contributed by atoms with Crippen LogP contribution < -0.4 is 4.90 Å². The third-order valence-electron chi connectivity index (χ3n) is 7.55. The van der Waals surface area contributed by atoms with Crippen molar-refractivity contribution in [2.75, 3.05) is 24.5 Å². The lowest BCUT2D eigenvalue weighted by Crippen LogP contribution is -2.53. The summed E-state index contributed by atoms with van der Waals surface area (Å²) in [5.74, 6) is 0.850. The minimum absolute atomic E-state index is 0.0713. The lowest BCUT2D eigenvalue weighted by molar-refractivity contribution is -0.134. The predicted octanol–water partition coefficient (Wildman–Crippen LogP) is 4.33. The Kier molecular flexibility index (Phi) is 8.60. The van der Waals surface area contributed by atoms with Gasteiger partial charge in [-0.25, -0.2) is 0 Å². The van der Waals surface area contributed by atoms with E-state index in [0.717, 1.165) is 50.0 Å². The van der Waals surface area contributed by atoms with Gasteiger partial charge in [-0.05, 0) is 55.8 Å². The zero-order valence-electron chi connectivity index (χ0n) is 21.6. The second-order valence-electron chi connectivity index (χ2n) is 10.5. The van der Waals surface area contributed by atoms with E-state index in [2.05, 4.69) is 29.9 Å². The van der Waals surface area contributed by atoms with Crippen molar-refractivity contribution in [2.45, 2.75) is 84.5 Å². The molecule has 1 fully saturated rings. The maximum atomic E-state index is 13.6. The second kappa shape index (κ2) is 11.8. The van der Waals surface area contributed by atoms with Gasteiger partial charge < -0.3 is 9.80 Å². The number of para-hydroxylation sites is 1. The minimum Gasteiger partial charge on any atom is -0.335 e. The van der Waals surface area contributed by atoms with Gasteiger partial charge in [-0.15, -0.1) is 0 Å². The Hall–Kier alpha value is -2.67. The maximum Gasteiger partial charge on any atom is 0.244 e. The normalized spacial score (nSPS) is 21.5. The van der Waals surface area contributed by atoms with Gasteiger partial charge in [-0.3, -0.25) is 19.2 Å². The van der Waals surface area contributed by atoms with Crippen LogP contribution in [-0.4, -0.2) is 63.1 Å². The van der Waals surface area contributed by atoms with E-state index in [9.17, 15) is 9.59 Å². The fourth-order valence-corrected chi connectivity index (χ4v) is 5.60. The van der Waals surface area contributed by atoms with Gasteiger partial charge in [-0.1, -0.05) is 45.4 Å². The number of anilines is 1. The number of carbonyl (C=O) groups is 2. The van der Waals surface area contributed by atoms with Crippen LogP contribution in [0.1, 0.15) is 64.9 Å². The molecule has 2 atom stereocenters. The molecule has 0 spiro atoms. The molecule has 1 aromatic carbocycles. The van der Waals surface area contributed by atoms with E-state index in [1.165, 1.54) is 6.42 Å². The number of fused-ring (bicyclic) bond motifs is 3. The fraction of sp³-hybridized carbons (Fsp3) is 0.607. The summed E-state index contributed by atoms with van der Waals surface area (Å²) in [6.07, 6.45) is 9.57. The number of benzene rings is 1. The maximum absolute atomic E-state index is 13.6. The summed E-state index contributed by atoms with van der Waals surface area (Å²) >= 11 is 0. The van der Waals surface area contributed by atoms with E-state index in [1.807, 2.05) is 47.2 Å². The quantitative estimate of drug-likeness (QED) is 0.619. The molecule has 0 radical (unpaired) electrons. The molecule has 4 rings (SSSR count). The van der Waals surface area contributed by atoms with Gasteiger partial charge in [0.05, 0.1) is 0 Å². The van der Waals surface area contributed by atoms with Crippen molar-refractivity contribution in [3.8, 4) is 0 Å². The van der Waals surface area contributed by atoms with Crippen molar-refractivity contribution in [1.29, 1.82) is 0 Å². The topological polar surface area (TPSA) is 61.7 Å². The molecule has 3 heterocycles. The van der Waals surface area contributed by atoms with Crippen LogP contribution in [0.25, 0.3) is 0 Å². The van der Waals surface area contributed by atoms with Gasteiger partial charge in [0, 0.05) is 56.2 Å². The van der Waals surface area contributed by atoms with Crippen molar-refractivity contribution < 1.29 is 9.59 Å². The van der Waals surface area contributed by atoms with Crippen LogP contribution in [0.15, 0.2) is 42.7 Å². The van der Waals surface area contributed by atoms with E-state index in [0.29, 0.717) is 37.5 Å². The zero-order valence-corrected chi connectivity index (χ0v) is 21.6. The molecule has 35 heavy (non-hydrogen) atoms. The van der Waals surface area contributed by atoms with Gasteiger partial charge >= 0.3 is 0 Å². The third kappa shape index (κ3) is 6.31. The Labute approximate surface area is 210 Å². The van der Waals surface area contributed by atoms with Crippen molar-refractivity contribution in [3.63, 3.8) is 0 Å². The molecule has 7 nitrogen and oxygen atoms in total. The van der Waals surface area contributed by atoms with Crippen molar-refractivity contribution >= 4 is 17.5 Å². The number of nitrogens with zero attached hydrogens (tertiary/aromatic N) is 5. The van der Waals surface area contributed by atoms with E-state index < -0.39 is 0 Å². The Morgan fingerprint density at radius 3 is 2.60 bits per heavy atom. The average molecular weight is 480 g/mol. The number of rotatable bonds is 6.